The first-order chi connectivity index (χ1) is 10.1. The zero-order valence-electron chi connectivity index (χ0n) is 11.4. The van der Waals surface area contributed by atoms with E-state index in [4.69, 9.17) is 9.94 Å². The second-order valence-electron chi connectivity index (χ2n) is 5.36. The highest BCUT2D eigenvalue weighted by molar-refractivity contribution is 6.36. The maximum atomic E-state index is 12.1. The van der Waals surface area contributed by atoms with E-state index in [-0.39, 0.29) is 24.1 Å². The third-order valence-corrected chi connectivity index (χ3v) is 3.90. The summed E-state index contributed by atoms with van der Waals surface area (Å²) in [5.41, 5.74) is 2.48. The van der Waals surface area contributed by atoms with Crippen LogP contribution in [0.15, 0.2) is 29.4 Å². The molecule has 1 heterocycles. The molecule has 0 saturated heterocycles. The lowest BCUT2D eigenvalue weighted by atomic mass is 9.88. The van der Waals surface area contributed by atoms with Crippen LogP contribution < -0.4 is 5.32 Å². The molecule has 2 unspecified atom stereocenters. The van der Waals surface area contributed by atoms with Gasteiger partial charge in [0.25, 0.3) is 5.91 Å². The van der Waals surface area contributed by atoms with Crippen molar-refractivity contribution in [3.8, 4) is 0 Å². The number of fused-ring (bicyclic) bond motifs is 1. The topological polar surface area (TPSA) is 88.0 Å². The number of carbonyl (C=O) groups excluding carboxylic acids is 1. The number of nitrogens with one attached hydrogen (secondary N) is 1. The summed E-state index contributed by atoms with van der Waals surface area (Å²) < 4.78 is 0. The van der Waals surface area contributed by atoms with Gasteiger partial charge in [0.05, 0.1) is 0 Å². The number of amides is 1. The molecular weight excluding hydrogens is 272 g/mol. The van der Waals surface area contributed by atoms with Crippen molar-refractivity contribution in [2.75, 3.05) is 0 Å². The van der Waals surface area contributed by atoms with E-state index in [1.807, 2.05) is 12.1 Å². The zero-order chi connectivity index (χ0) is 14.8. The van der Waals surface area contributed by atoms with Gasteiger partial charge < -0.3 is 15.3 Å². The van der Waals surface area contributed by atoms with Gasteiger partial charge in [0, 0.05) is 12.5 Å². The van der Waals surface area contributed by atoms with E-state index in [2.05, 4.69) is 22.6 Å². The average Bonchev–Trinajstić information content (AvgIpc) is 2.97. The molecule has 1 aromatic rings. The van der Waals surface area contributed by atoms with Gasteiger partial charge in [-0.15, -0.1) is 0 Å². The first-order valence-electron chi connectivity index (χ1n) is 6.96. The molecule has 2 aliphatic rings. The molecular formula is C15H16N2O4. The lowest BCUT2D eigenvalue weighted by Crippen LogP contribution is -2.44. The van der Waals surface area contributed by atoms with Gasteiger partial charge in [0.2, 0.25) is 6.10 Å². The van der Waals surface area contributed by atoms with Gasteiger partial charge in [-0.3, -0.25) is 4.79 Å². The normalized spacial score (nSPS) is 23.7. The summed E-state index contributed by atoms with van der Waals surface area (Å²) in [4.78, 5) is 27.7. The maximum Gasteiger partial charge on any atom is 0.353 e. The van der Waals surface area contributed by atoms with E-state index in [1.54, 1.807) is 0 Å². The van der Waals surface area contributed by atoms with E-state index in [9.17, 15) is 9.59 Å². The number of aliphatic carboxylic acids is 1. The number of oxime groups is 1. The Morgan fingerprint density at radius 3 is 2.71 bits per heavy atom. The fraction of sp³-hybridized carbons (Fsp3) is 0.400. The van der Waals surface area contributed by atoms with Crippen LogP contribution in [-0.4, -0.2) is 34.8 Å². The molecule has 0 spiro atoms. The molecule has 3 rings (SSSR count). The Morgan fingerprint density at radius 2 is 2.00 bits per heavy atom. The molecule has 0 saturated carbocycles. The van der Waals surface area contributed by atoms with Crippen LogP contribution in [0.3, 0.4) is 0 Å². The molecule has 1 aliphatic heterocycles. The first kappa shape index (κ1) is 13.6. The molecule has 6 nitrogen and oxygen atoms in total. The maximum absolute atomic E-state index is 12.1. The van der Waals surface area contributed by atoms with Crippen molar-refractivity contribution >= 4 is 17.6 Å². The van der Waals surface area contributed by atoms with E-state index < -0.39 is 12.1 Å². The highest BCUT2D eigenvalue weighted by atomic mass is 16.6. The summed E-state index contributed by atoms with van der Waals surface area (Å²) in [7, 11) is 0. The van der Waals surface area contributed by atoms with Crippen LogP contribution in [0.2, 0.25) is 0 Å². The molecule has 2 N–H and O–H groups in total. The highest BCUT2D eigenvalue weighted by Gasteiger charge is 2.33. The number of benzene rings is 1. The van der Waals surface area contributed by atoms with Crippen LogP contribution in [0.4, 0.5) is 0 Å². The summed E-state index contributed by atoms with van der Waals surface area (Å²) in [5, 5.41) is 15.2. The fourth-order valence-corrected chi connectivity index (χ4v) is 2.76. The second-order valence-corrected chi connectivity index (χ2v) is 5.36. The van der Waals surface area contributed by atoms with Crippen molar-refractivity contribution in [3.05, 3.63) is 35.4 Å². The molecule has 1 aliphatic carbocycles. The van der Waals surface area contributed by atoms with Crippen molar-refractivity contribution < 1.29 is 19.5 Å². The highest BCUT2D eigenvalue weighted by Crippen LogP contribution is 2.21. The third-order valence-electron chi connectivity index (χ3n) is 3.90. The summed E-state index contributed by atoms with van der Waals surface area (Å²) in [5.74, 6) is -1.43. The van der Waals surface area contributed by atoms with Crippen molar-refractivity contribution in [2.24, 2.45) is 5.16 Å². The Hall–Kier alpha value is -2.37. The monoisotopic (exact) mass is 288 g/mol. The van der Waals surface area contributed by atoms with Gasteiger partial charge in [0.1, 0.15) is 0 Å². The summed E-state index contributed by atoms with van der Waals surface area (Å²) in [6.07, 6.45) is 1.80. The van der Waals surface area contributed by atoms with Crippen molar-refractivity contribution in [3.63, 3.8) is 0 Å². The number of carbonyl (C=O) groups is 2. The Morgan fingerprint density at radius 1 is 1.24 bits per heavy atom. The Bertz CT molecular complexity index is 611. The van der Waals surface area contributed by atoms with E-state index in [0.717, 1.165) is 19.3 Å². The lowest BCUT2D eigenvalue weighted by molar-refractivity contribution is -0.132. The minimum Gasteiger partial charge on any atom is -0.477 e. The predicted molar refractivity (Wildman–Crippen MR) is 75.0 cm³/mol. The predicted octanol–water partition coefficient (Wildman–Crippen LogP) is 0.890. The van der Waals surface area contributed by atoms with Crippen LogP contribution in [0, 0.1) is 0 Å². The third kappa shape index (κ3) is 2.89. The molecule has 0 radical (unpaired) electrons. The SMILES string of the molecule is O=C(O)C1=NOC(C(=O)NC2CCc3ccccc3C2)C1. The number of carboxylic acid groups (broad SMARTS) is 1. The average molecular weight is 288 g/mol. The van der Waals surface area contributed by atoms with Gasteiger partial charge in [0.15, 0.2) is 5.71 Å². The van der Waals surface area contributed by atoms with Gasteiger partial charge in [-0.2, -0.15) is 0 Å². The molecule has 2 atom stereocenters. The largest absolute Gasteiger partial charge is 0.477 e. The molecule has 110 valence electrons. The van der Waals surface area contributed by atoms with Gasteiger partial charge in [-0.05, 0) is 30.4 Å². The zero-order valence-corrected chi connectivity index (χ0v) is 11.4. The minimum absolute atomic E-state index is 0.0183. The Balaban J connectivity index is 1.57. The van der Waals surface area contributed by atoms with Gasteiger partial charge in [-0.1, -0.05) is 29.4 Å². The molecule has 1 amide bonds. The number of aryl methyl sites for hydroxylation is 1. The smallest absolute Gasteiger partial charge is 0.353 e. The second kappa shape index (κ2) is 5.55. The number of hydrogen-bond donors (Lipinski definition) is 2. The number of nitrogens with zero attached hydrogens (tertiary/aromatic N) is 1. The van der Waals surface area contributed by atoms with Crippen molar-refractivity contribution in [1.29, 1.82) is 0 Å². The van der Waals surface area contributed by atoms with Crippen molar-refractivity contribution in [2.45, 2.75) is 37.8 Å². The van der Waals surface area contributed by atoms with Crippen LogP contribution in [-0.2, 0) is 27.3 Å². The molecule has 21 heavy (non-hydrogen) atoms. The number of rotatable bonds is 3. The van der Waals surface area contributed by atoms with Crippen LogP contribution >= 0.6 is 0 Å². The van der Waals surface area contributed by atoms with Crippen LogP contribution in [0.1, 0.15) is 24.0 Å². The first-order valence-corrected chi connectivity index (χ1v) is 6.96. The molecule has 6 heteroatoms. The standard InChI is InChI=1S/C15H16N2O4/c18-14(13-8-12(15(19)20)17-21-13)16-11-6-5-9-3-1-2-4-10(9)7-11/h1-4,11,13H,5-8H2,(H,16,18)(H,19,20). The molecule has 0 fully saturated rings. The van der Waals surface area contributed by atoms with Crippen LogP contribution in [0.25, 0.3) is 0 Å². The van der Waals surface area contributed by atoms with E-state index >= 15 is 0 Å². The van der Waals surface area contributed by atoms with Gasteiger partial charge >= 0.3 is 5.97 Å². The molecule has 0 aromatic heterocycles. The summed E-state index contributed by atoms with van der Waals surface area (Å²) in [6.45, 7) is 0. The fourth-order valence-electron chi connectivity index (χ4n) is 2.76. The van der Waals surface area contributed by atoms with Gasteiger partial charge in [-0.25, -0.2) is 4.79 Å². The Kier molecular flexibility index (Phi) is 3.60. The lowest BCUT2D eigenvalue weighted by Gasteiger charge is -2.26. The number of carboxylic acids is 1. The van der Waals surface area contributed by atoms with Crippen molar-refractivity contribution in [1.82, 2.24) is 5.32 Å². The summed E-state index contributed by atoms with van der Waals surface area (Å²) >= 11 is 0. The summed E-state index contributed by atoms with van der Waals surface area (Å²) in [6, 6.07) is 8.27. The quantitative estimate of drug-likeness (QED) is 0.864. The van der Waals surface area contributed by atoms with E-state index in [1.165, 1.54) is 11.1 Å². The molecule has 1 aromatic carbocycles. The van der Waals surface area contributed by atoms with Crippen LogP contribution in [0.5, 0.6) is 0 Å². The Labute approximate surface area is 121 Å². The minimum atomic E-state index is -1.14. The van der Waals surface area contributed by atoms with E-state index in [0.29, 0.717) is 0 Å². The number of hydrogen-bond acceptors (Lipinski definition) is 4. The molecule has 0 bridgehead atoms.